The number of hydrogen-bond donors (Lipinski definition) is 2. The monoisotopic (exact) mass is 262 g/mol. The van der Waals surface area contributed by atoms with Crippen LogP contribution in [0.3, 0.4) is 0 Å². The lowest BCUT2D eigenvalue weighted by atomic mass is 10.3. The molecule has 0 unspecified atom stereocenters. The molecule has 0 spiro atoms. The Hall–Kier alpha value is -2.14. The van der Waals surface area contributed by atoms with E-state index in [9.17, 15) is 4.39 Å². The number of rotatable bonds is 2. The Morgan fingerprint density at radius 3 is 2.94 bits per heavy atom. The van der Waals surface area contributed by atoms with Gasteiger partial charge in [0, 0.05) is 5.69 Å². The second-order valence-electron chi connectivity index (χ2n) is 3.75. The normalized spacial score (nSPS) is 10.8. The molecular formula is C12H8ClFN4. The van der Waals surface area contributed by atoms with Crippen molar-refractivity contribution in [2.45, 2.75) is 0 Å². The van der Waals surface area contributed by atoms with Crippen LogP contribution >= 0.6 is 11.6 Å². The van der Waals surface area contributed by atoms with Crippen LogP contribution < -0.4 is 5.32 Å². The van der Waals surface area contributed by atoms with Gasteiger partial charge < -0.3 is 5.32 Å². The highest BCUT2D eigenvalue weighted by atomic mass is 35.5. The van der Waals surface area contributed by atoms with Gasteiger partial charge in [0.1, 0.15) is 17.2 Å². The van der Waals surface area contributed by atoms with E-state index in [0.29, 0.717) is 11.5 Å². The maximum absolute atomic E-state index is 13.0. The molecule has 90 valence electrons. The molecule has 0 saturated carbocycles. The van der Waals surface area contributed by atoms with E-state index in [1.54, 1.807) is 18.3 Å². The molecule has 0 bridgehead atoms. The Kier molecular flexibility index (Phi) is 2.60. The maximum Gasteiger partial charge on any atom is 0.141 e. The Bertz CT molecular complexity index is 710. The topological polar surface area (TPSA) is 53.6 Å². The number of fused-ring (bicyclic) bond motifs is 1. The van der Waals surface area contributed by atoms with Crippen molar-refractivity contribution in [1.29, 1.82) is 0 Å². The summed E-state index contributed by atoms with van der Waals surface area (Å²) in [5, 5.41) is 9.83. The van der Waals surface area contributed by atoms with E-state index in [2.05, 4.69) is 20.5 Å². The molecule has 2 aromatic heterocycles. The van der Waals surface area contributed by atoms with Crippen LogP contribution in [-0.2, 0) is 0 Å². The summed E-state index contributed by atoms with van der Waals surface area (Å²) < 4.78 is 13.0. The Balaban J connectivity index is 1.92. The zero-order valence-corrected chi connectivity index (χ0v) is 9.87. The molecule has 18 heavy (non-hydrogen) atoms. The third kappa shape index (κ3) is 2.00. The molecule has 2 N–H and O–H groups in total. The number of aromatic amines is 1. The highest BCUT2D eigenvalue weighted by Gasteiger charge is 2.03. The van der Waals surface area contributed by atoms with Crippen LogP contribution in [0.25, 0.3) is 11.0 Å². The summed E-state index contributed by atoms with van der Waals surface area (Å²) >= 11 is 5.71. The highest BCUT2D eigenvalue weighted by molar-refractivity contribution is 6.31. The van der Waals surface area contributed by atoms with Gasteiger partial charge in [0.25, 0.3) is 0 Å². The lowest BCUT2D eigenvalue weighted by Crippen LogP contribution is -1.93. The third-order valence-electron chi connectivity index (χ3n) is 2.49. The minimum atomic E-state index is -0.444. The summed E-state index contributed by atoms with van der Waals surface area (Å²) in [5.41, 5.74) is 2.29. The molecule has 0 amide bonds. The number of halogens is 2. The Morgan fingerprint density at radius 1 is 1.22 bits per heavy atom. The molecule has 3 aromatic rings. The van der Waals surface area contributed by atoms with Crippen LogP contribution in [-0.4, -0.2) is 15.2 Å². The lowest BCUT2D eigenvalue weighted by Gasteiger charge is -2.06. The summed E-state index contributed by atoms with van der Waals surface area (Å²) in [5.74, 6) is 0.201. The van der Waals surface area contributed by atoms with Gasteiger partial charge >= 0.3 is 0 Å². The largest absolute Gasteiger partial charge is 0.340 e. The highest BCUT2D eigenvalue weighted by Crippen LogP contribution is 2.22. The van der Waals surface area contributed by atoms with Gasteiger partial charge in [-0.15, -0.1) is 0 Å². The second kappa shape index (κ2) is 4.27. The summed E-state index contributed by atoms with van der Waals surface area (Å²) in [6, 6.07) is 8.09. The molecule has 0 saturated heterocycles. The number of nitrogens with zero attached hydrogens (tertiary/aromatic N) is 2. The molecule has 3 rings (SSSR count). The average Bonchev–Trinajstić information content (AvgIpc) is 2.81. The standard InChI is InChI=1S/C12H8ClFN4/c13-8-5-7(1-2-9(8)14)16-12-4-3-10-11(17-12)6-15-18-10/h1-6H,(H,15,18)(H,16,17). The van der Waals surface area contributed by atoms with E-state index in [1.807, 2.05) is 6.07 Å². The molecule has 0 radical (unpaired) electrons. The molecule has 0 aliphatic carbocycles. The Morgan fingerprint density at radius 2 is 2.11 bits per heavy atom. The number of aromatic nitrogens is 3. The SMILES string of the molecule is Fc1ccc(Nc2ccc3[nH]ncc3n2)cc1Cl. The van der Waals surface area contributed by atoms with Crippen molar-refractivity contribution >= 4 is 34.1 Å². The predicted octanol–water partition coefficient (Wildman–Crippen LogP) is 3.49. The fourth-order valence-corrected chi connectivity index (χ4v) is 1.80. The number of nitrogens with one attached hydrogen (secondary N) is 2. The number of anilines is 2. The number of hydrogen-bond acceptors (Lipinski definition) is 3. The summed E-state index contributed by atoms with van der Waals surface area (Å²) in [7, 11) is 0. The van der Waals surface area contributed by atoms with Crippen LogP contribution in [0.5, 0.6) is 0 Å². The molecule has 6 heteroatoms. The van der Waals surface area contributed by atoms with Crippen LogP contribution in [0.4, 0.5) is 15.9 Å². The summed E-state index contributed by atoms with van der Waals surface area (Å²) in [4.78, 5) is 4.34. The smallest absolute Gasteiger partial charge is 0.141 e. The summed E-state index contributed by atoms with van der Waals surface area (Å²) in [6.45, 7) is 0. The molecule has 2 heterocycles. The van der Waals surface area contributed by atoms with Gasteiger partial charge in [-0.3, -0.25) is 5.10 Å². The zero-order valence-electron chi connectivity index (χ0n) is 9.11. The van der Waals surface area contributed by atoms with Gasteiger partial charge in [-0.2, -0.15) is 5.10 Å². The fourth-order valence-electron chi connectivity index (χ4n) is 1.62. The van der Waals surface area contributed by atoms with Gasteiger partial charge in [0.15, 0.2) is 0 Å². The average molecular weight is 263 g/mol. The van der Waals surface area contributed by atoms with Crippen molar-refractivity contribution in [2.24, 2.45) is 0 Å². The zero-order chi connectivity index (χ0) is 12.5. The molecule has 1 aromatic carbocycles. The van der Waals surface area contributed by atoms with E-state index in [1.165, 1.54) is 12.1 Å². The quantitative estimate of drug-likeness (QED) is 0.743. The van der Waals surface area contributed by atoms with E-state index in [4.69, 9.17) is 11.6 Å². The minimum absolute atomic E-state index is 0.0735. The van der Waals surface area contributed by atoms with E-state index < -0.39 is 5.82 Å². The molecule has 0 atom stereocenters. The van der Waals surface area contributed by atoms with Crippen LogP contribution in [0.2, 0.25) is 5.02 Å². The first kappa shape index (κ1) is 11.0. The van der Waals surface area contributed by atoms with Gasteiger partial charge in [0.2, 0.25) is 0 Å². The molecule has 0 fully saturated rings. The number of pyridine rings is 1. The first-order valence-corrected chi connectivity index (χ1v) is 5.62. The lowest BCUT2D eigenvalue weighted by molar-refractivity contribution is 0.628. The van der Waals surface area contributed by atoms with E-state index >= 15 is 0 Å². The summed E-state index contributed by atoms with van der Waals surface area (Å²) in [6.07, 6.45) is 1.64. The minimum Gasteiger partial charge on any atom is -0.340 e. The van der Waals surface area contributed by atoms with Crippen LogP contribution in [0.1, 0.15) is 0 Å². The number of benzene rings is 1. The van der Waals surface area contributed by atoms with Crippen molar-refractivity contribution in [3.05, 3.63) is 47.4 Å². The maximum atomic E-state index is 13.0. The van der Waals surface area contributed by atoms with Gasteiger partial charge in [-0.25, -0.2) is 9.37 Å². The molecule has 4 nitrogen and oxygen atoms in total. The third-order valence-corrected chi connectivity index (χ3v) is 2.78. The van der Waals surface area contributed by atoms with Crippen molar-refractivity contribution in [3.63, 3.8) is 0 Å². The number of H-pyrrole nitrogens is 1. The van der Waals surface area contributed by atoms with Gasteiger partial charge in [0.05, 0.1) is 16.7 Å². The Labute approximate surface area is 107 Å². The first-order valence-electron chi connectivity index (χ1n) is 5.24. The first-order chi connectivity index (χ1) is 8.72. The van der Waals surface area contributed by atoms with E-state index in [-0.39, 0.29) is 5.02 Å². The van der Waals surface area contributed by atoms with Crippen molar-refractivity contribution in [1.82, 2.24) is 15.2 Å². The van der Waals surface area contributed by atoms with Crippen LogP contribution in [0.15, 0.2) is 36.5 Å². The van der Waals surface area contributed by atoms with Gasteiger partial charge in [-0.1, -0.05) is 11.6 Å². The fraction of sp³-hybridized carbons (Fsp3) is 0. The second-order valence-corrected chi connectivity index (χ2v) is 4.16. The molecule has 0 aliphatic heterocycles. The van der Waals surface area contributed by atoms with Gasteiger partial charge in [-0.05, 0) is 30.3 Å². The van der Waals surface area contributed by atoms with Crippen LogP contribution in [0, 0.1) is 5.82 Å². The van der Waals surface area contributed by atoms with Crippen molar-refractivity contribution in [2.75, 3.05) is 5.32 Å². The predicted molar refractivity (Wildman–Crippen MR) is 68.6 cm³/mol. The molecule has 0 aliphatic rings. The van der Waals surface area contributed by atoms with Crippen molar-refractivity contribution < 1.29 is 4.39 Å². The van der Waals surface area contributed by atoms with Crippen molar-refractivity contribution in [3.8, 4) is 0 Å². The molecular weight excluding hydrogens is 255 g/mol. The van der Waals surface area contributed by atoms with E-state index in [0.717, 1.165) is 11.0 Å².